The first-order chi connectivity index (χ1) is 14.5. The van der Waals surface area contributed by atoms with Gasteiger partial charge in [0.2, 0.25) is 5.91 Å². The van der Waals surface area contributed by atoms with Crippen LogP contribution in [0.3, 0.4) is 0 Å². The Morgan fingerprint density at radius 1 is 1.17 bits per heavy atom. The lowest BCUT2D eigenvalue weighted by molar-refractivity contribution is -0.111. The maximum Gasteiger partial charge on any atom is 0.249 e. The van der Waals surface area contributed by atoms with E-state index < -0.39 is 0 Å². The molecule has 2 aromatic carbocycles. The average Bonchev–Trinajstić information content (AvgIpc) is 3.36. The van der Waals surface area contributed by atoms with Crippen molar-refractivity contribution in [2.45, 2.75) is 6.92 Å². The molecule has 0 aliphatic heterocycles. The second-order valence-corrected chi connectivity index (χ2v) is 7.37. The number of amides is 1. The first kappa shape index (κ1) is 20.1. The number of carbonyl (C=O) groups is 1. The Morgan fingerprint density at radius 2 is 2.00 bits per heavy atom. The van der Waals surface area contributed by atoms with Crippen molar-refractivity contribution < 1.29 is 18.5 Å². The average molecular weight is 443 g/mol. The molecule has 1 N–H and O–H groups in total. The summed E-state index contributed by atoms with van der Waals surface area (Å²) >= 11 is 12.4. The number of hydrogen-bond donors (Lipinski definition) is 1. The zero-order valence-corrected chi connectivity index (χ0v) is 17.5. The number of rotatable bonds is 5. The SMILES string of the molecule is COc1cc2occ(-c3ccc(Cl)cc3Cl)c2cc1/C(C)=C/C(=O)Nc1ccon1. The van der Waals surface area contributed by atoms with Gasteiger partial charge in [0, 0.05) is 45.3 Å². The quantitative estimate of drug-likeness (QED) is 0.359. The third-order valence-electron chi connectivity index (χ3n) is 4.58. The van der Waals surface area contributed by atoms with E-state index in [0.717, 1.165) is 22.1 Å². The van der Waals surface area contributed by atoms with E-state index in [1.807, 2.05) is 19.1 Å². The maximum atomic E-state index is 12.3. The van der Waals surface area contributed by atoms with Gasteiger partial charge in [-0.3, -0.25) is 4.79 Å². The fourth-order valence-corrected chi connectivity index (χ4v) is 3.67. The number of fused-ring (bicyclic) bond motifs is 1. The van der Waals surface area contributed by atoms with Crippen LogP contribution < -0.4 is 10.1 Å². The molecule has 0 spiro atoms. The second-order valence-electron chi connectivity index (χ2n) is 6.52. The van der Waals surface area contributed by atoms with Crippen LogP contribution in [0.2, 0.25) is 10.0 Å². The third kappa shape index (κ3) is 3.92. The van der Waals surface area contributed by atoms with Gasteiger partial charge in [0.05, 0.1) is 18.4 Å². The molecule has 0 saturated heterocycles. The number of hydrogen-bond acceptors (Lipinski definition) is 5. The van der Waals surface area contributed by atoms with Crippen molar-refractivity contribution in [1.29, 1.82) is 0 Å². The highest BCUT2D eigenvalue weighted by Crippen LogP contribution is 2.40. The number of nitrogens with one attached hydrogen (secondary N) is 1. The minimum absolute atomic E-state index is 0.334. The highest BCUT2D eigenvalue weighted by molar-refractivity contribution is 6.36. The lowest BCUT2D eigenvalue weighted by Crippen LogP contribution is -2.08. The highest BCUT2D eigenvalue weighted by Gasteiger charge is 2.16. The topological polar surface area (TPSA) is 77.5 Å². The van der Waals surface area contributed by atoms with Crippen LogP contribution in [0.15, 0.2) is 63.9 Å². The van der Waals surface area contributed by atoms with Gasteiger partial charge in [-0.2, -0.15) is 0 Å². The molecule has 0 aliphatic rings. The molecule has 0 bridgehead atoms. The predicted molar refractivity (Wildman–Crippen MR) is 117 cm³/mol. The fraction of sp³-hybridized carbons (Fsp3) is 0.0909. The van der Waals surface area contributed by atoms with Gasteiger partial charge < -0.3 is 19.0 Å². The van der Waals surface area contributed by atoms with Gasteiger partial charge in [0.25, 0.3) is 0 Å². The number of benzene rings is 2. The Morgan fingerprint density at radius 3 is 2.70 bits per heavy atom. The van der Waals surface area contributed by atoms with Crippen LogP contribution >= 0.6 is 23.2 Å². The Hall–Kier alpha value is -3.22. The molecule has 30 heavy (non-hydrogen) atoms. The van der Waals surface area contributed by atoms with Gasteiger partial charge in [-0.05, 0) is 30.7 Å². The predicted octanol–water partition coefficient (Wildman–Crippen LogP) is 6.45. The van der Waals surface area contributed by atoms with Gasteiger partial charge in [-0.15, -0.1) is 0 Å². The lowest BCUT2D eigenvalue weighted by Gasteiger charge is -2.10. The van der Waals surface area contributed by atoms with Crippen LogP contribution in [-0.4, -0.2) is 18.2 Å². The minimum Gasteiger partial charge on any atom is -0.496 e. The molecule has 152 valence electrons. The number of anilines is 1. The molecule has 2 heterocycles. The molecule has 8 heteroatoms. The molecule has 0 saturated carbocycles. The molecule has 6 nitrogen and oxygen atoms in total. The van der Waals surface area contributed by atoms with E-state index in [2.05, 4.69) is 10.5 Å². The van der Waals surface area contributed by atoms with E-state index in [0.29, 0.717) is 32.8 Å². The molecule has 2 aromatic heterocycles. The normalized spacial score (nSPS) is 11.7. The molecular weight excluding hydrogens is 427 g/mol. The van der Waals surface area contributed by atoms with Gasteiger partial charge >= 0.3 is 0 Å². The molecular formula is C22H16Cl2N2O4. The summed E-state index contributed by atoms with van der Waals surface area (Å²) in [4.78, 5) is 12.3. The third-order valence-corrected chi connectivity index (χ3v) is 5.13. The van der Waals surface area contributed by atoms with E-state index >= 15 is 0 Å². The summed E-state index contributed by atoms with van der Waals surface area (Å²) < 4.78 is 16.0. The number of methoxy groups -OCH3 is 1. The van der Waals surface area contributed by atoms with Crippen molar-refractivity contribution >= 4 is 51.5 Å². The molecule has 0 radical (unpaired) electrons. The van der Waals surface area contributed by atoms with Crippen molar-refractivity contribution in [3.05, 3.63) is 70.6 Å². The van der Waals surface area contributed by atoms with E-state index in [1.54, 1.807) is 37.6 Å². The number of nitrogens with zero attached hydrogens (tertiary/aromatic N) is 1. The van der Waals surface area contributed by atoms with Gasteiger partial charge in [-0.1, -0.05) is 34.4 Å². The molecule has 0 atom stereocenters. The van der Waals surface area contributed by atoms with Crippen LogP contribution in [-0.2, 0) is 4.79 Å². The smallest absolute Gasteiger partial charge is 0.249 e. The molecule has 4 rings (SSSR count). The Bertz CT molecular complexity index is 1260. The van der Waals surface area contributed by atoms with Gasteiger partial charge in [-0.25, -0.2) is 0 Å². The number of halogens is 2. The maximum absolute atomic E-state index is 12.3. The van der Waals surface area contributed by atoms with Crippen LogP contribution in [0.5, 0.6) is 5.75 Å². The Labute approximate surface area is 182 Å². The molecule has 0 unspecified atom stereocenters. The standard InChI is InChI=1S/C22H16Cl2N2O4/c1-12(7-22(27)25-21-5-6-30-26-21)15-9-16-17(11-29-20(16)10-19(15)28-2)14-4-3-13(23)8-18(14)24/h3-11H,1-2H3,(H,25,26,27)/b12-7+. The van der Waals surface area contributed by atoms with E-state index in [1.165, 1.54) is 12.3 Å². The summed E-state index contributed by atoms with van der Waals surface area (Å²) in [5.41, 5.74) is 3.69. The van der Waals surface area contributed by atoms with Crippen LogP contribution in [0.1, 0.15) is 12.5 Å². The van der Waals surface area contributed by atoms with E-state index in [-0.39, 0.29) is 5.91 Å². The first-order valence-corrected chi connectivity index (χ1v) is 9.66. The van der Waals surface area contributed by atoms with Crippen LogP contribution in [0.25, 0.3) is 27.7 Å². The molecule has 0 fully saturated rings. The zero-order valence-electron chi connectivity index (χ0n) is 16.0. The molecule has 1 amide bonds. The van der Waals surface area contributed by atoms with Crippen molar-refractivity contribution in [1.82, 2.24) is 5.16 Å². The molecule has 4 aromatic rings. The number of carbonyl (C=O) groups excluding carboxylic acids is 1. The number of furan rings is 1. The second kappa shape index (κ2) is 8.26. The van der Waals surface area contributed by atoms with Gasteiger partial charge in [0.1, 0.15) is 17.6 Å². The summed E-state index contributed by atoms with van der Waals surface area (Å²) in [7, 11) is 1.56. The monoisotopic (exact) mass is 442 g/mol. The largest absolute Gasteiger partial charge is 0.496 e. The van der Waals surface area contributed by atoms with Gasteiger partial charge in [0.15, 0.2) is 5.82 Å². The highest BCUT2D eigenvalue weighted by atomic mass is 35.5. The lowest BCUT2D eigenvalue weighted by atomic mass is 9.99. The van der Waals surface area contributed by atoms with Crippen molar-refractivity contribution in [2.24, 2.45) is 0 Å². The number of aromatic nitrogens is 1. The minimum atomic E-state index is -0.336. The summed E-state index contributed by atoms with van der Waals surface area (Å²) in [6, 6.07) is 10.5. The van der Waals surface area contributed by atoms with Crippen molar-refractivity contribution in [2.75, 3.05) is 12.4 Å². The summed E-state index contributed by atoms with van der Waals surface area (Å²) in [5.74, 6) is 0.575. The number of ether oxygens (including phenoxy) is 1. The fourth-order valence-electron chi connectivity index (χ4n) is 3.16. The first-order valence-electron chi connectivity index (χ1n) is 8.91. The van der Waals surface area contributed by atoms with Crippen LogP contribution in [0.4, 0.5) is 5.82 Å². The van der Waals surface area contributed by atoms with Crippen LogP contribution in [0, 0.1) is 0 Å². The number of allylic oxidation sites excluding steroid dienone is 1. The Balaban J connectivity index is 1.77. The van der Waals surface area contributed by atoms with Crippen molar-refractivity contribution in [3.8, 4) is 16.9 Å². The summed E-state index contributed by atoms with van der Waals surface area (Å²) in [6.07, 6.45) is 4.48. The zero-order chi connectivity index (χ0) is 21.3. The summed E-state index contributed by atoms with van der Waals surface area (Å²) in [6.45, 7) is 1.82. The van der Waals surface area contributed by atoms with E-state index in [4.69, 9.17) is 36.9 Å². The van der Waals surface area contributed by atoms with Crippen molar-refractivity contribution in [3.63, 3.8) is 0 Å². The summed E-state index contributed by atoms with van der Waals surface area (Å²) in [5, 5.41) is 8.20. The Kier molecular flexibility index (Phi) is 5.53. The van der Waals surface area contributed by atoms with E-state index in [9.17, 15) is 4.79 Å². The molecule has 0 aliphatic carbocycles.